The first-order valence-corrected chi connectivity index (χ1v) is 6.29. The Morgan fingerprint density at radius 3 is 2.50 bits per heavy atom. The van der Waals surface area contributed by atoms with Crippen LogP contribution in [0.5, 0.6) is 0 Å². The topological polar surface area (TPSA) is 12.0 Å². The van der Waals surface area contributed by atoms with Crippen LogP contribution in [0, 0.1) is 6.92 Å². The number of anilines is 1. The molecule has 18 heavy (non-hydrogen) atoms. The van der Waals surface area contributed by atoms with Gasteiger partial charge in [-0.05, 0) is 38.0 Å². The largest absolute Gasteiger partial charge is 0.416 e. The lowest BCUT2D eigenvalue weighted by Crippen LogP contribution is -2.16. The van der Waals surface area contributed by atoms with Gasteiger partial charge in [-0.2, -0.15) is 13.2 Å². The normalized spacial score (nSPS) is 13.4. The molecule has 0 saturated carbocycles. The Bertz CT molecular complexity index is 385. The fraction of sp³-hybridized carbons (Fsp3) is 0.571. The van der Waals surface area contributed by atoms with Gasteiger partial charge in [-0.25, -0.2) is 0 Å². The summed E-state index contributed by atoms with van der Waals surface area (Å²) in [6, 6.07) is 4.01. The van der Waals surface area contributed by atoms with E-state index in [4.69, 9.17) is 0 Å². The maximum absolute atomic E-state index is 12.6. The highest BCUT2D eigenvalue weighted by Crippen LogP contribution is 2.32. The summed E-state index contributed by atoms with van der Waals surface area (Å²) in [5.41, 5.74) is 0.818. The summed E-state index contributed by atoms with van der Waals surface area (Å²) in [6.07, 6.45) is -1.15. The van der Waals surface area contributed by atoms with Gasteiger partial charge in [0.05, 0.1) is 5.56 Å². The molecular weight excluding hydrogens is 239 g/mol. The first-order valence-electron chi connectivity index (χ1n) is 6.29. The highest BCUT2D eigenvalue weighted by molar-refractivity contribution is 5.53. The van der Waals surface area contributed by atoms with Gasteiger partial charge in [0.15, 0.2) is 0 Å². The number of hydrogen-bond acceptors (Lipinski definition) is 1. The molecule has 1 aromatic rings. The van der Waals surface area contributed by atoms with E-state index in [1.165, 1.54) is 12.1 Å². The second-order valence-electron chi connectivity index (χ2n) is 4.72. The van der Waals surface area contributed by atoms with Crippen molar-refractivity contribution in [1.29, 1.82) is 0 Å². The number of unbranched alkanes of at least 4 members (excludes halogenated alkanes) is 1. The average molecular weight is 259 g/mol. The molecule has 1 unspecified atom stereocenters. The first-order chi connectivity index (χ1) is 8.34. The number of hydrogen-bond donors (Lipinski definition) is 1. The number of alkyl halides is 3. The molecule has 102 valence electrons. The van der Waals surface area contributed by atoms with Gasteiger partial charge in [-0.3, -0.25) is 0 Å². The maximum Gasteiger partial charge on any atom is 0.416 e. The summed E-state index contributed by atoms with van der Waals surface area (Å²) in [6.45, 7) is 5.91. The second kappa shape index (κ2) is 6.12. The lowest BCUT2D eigenvalue weighted by Gasteiger charge is -2.18. The standard InChI is InChI=1S/C14H20F3N/c1-4-5-6-11(3)18-13-9-12(14(15,16)17)8-7-10(13)2/h7-9,11,18H,4-6H2,1-3H3. The zero-order valence-electron chi connectivity index (χ0n) is 11.1. The zero-order valence-corrected chi connectivity index (χ0v) is 11.1. The van der Waals surface area contributed by atoms with Crippen LogP contribution in [0.1, 0.15) is 44.2 Å². The third kappa shape index (κ3) is 4.24. The van der Waals surface area contributed by atoms with Gasteiger partial charge in [0.25, 0.3) is 0 Å². The molecule has 0 aliphatic rings. The van der Waals surface area contributed by atoms with E-state index >= 15 is 0 Å². The quantitative estimate of drug-likeness (QED) is 0.784. The van der Waals surface area contributed by atoms with E-state index < -0.39 is 11.7 Å². The van der Waals surface area contributed by atoms with Gasteiger partial charge in [0, 0.05) is 11.7 Å². The van der Waals surface area contributed by atoms with Crippen molar-refractivity contribution in [1.82, 2.24) is 0 Å². The van der Waals surface area contributed by atoms with Crippen LogP contribution in [0.3, 0.4) is 0 Å². The van der Waals surface area contributed by atoms with Crippen LogP contribution in [-0.4, -0.2) is 6.04 Å². The Kier molecular flexibility index (Phi) is 5.05. The van der Waals surface area contributed by atoms with E-state index in [-0.39, 0.29) is 6.04 Å². The molecule has 4 heteroatoms. The molecule has 1 nitrogen and oxygen atoms in total. The predicted octanol–water partition coefficient (Wildman–Crippen LogP) is 5.00. The van der Waals surface area contributed by atoms with Crippen molar-refractivity contribution in [2.24, 2.45) is 0 Å². The minimum atomic E-state index is -4.28. The summed E-state index contributed by atoms with van der Waals surface area (Å²) < 4.78 is 37.8. The molecule has 1 aromatic carbocycles. The molecular formula is C14H20F3N. The monoisotopic (exact) mass is 259 g/mol. The molecule has 0 aliphatic carbocycles. The molecule has 1 N–H and O–H groups in total. The summed E-state index contributed by atoms with van der Waals surface area (Å²) >= 11 is 0. The van der Waals surface area contributed by atoms with Crippen molar-refractivity contribution in [2.45, 2.75) is 52.3 Å². The van der Waals surface area contributed by atoms with E-state index in [1.54, 1.807) is 0 Å². The van der Waals surface area contributed by atoms with Gasteiger partial charge >= 0.3 is 6.18 Å². The van der Waals surface area contributed by atoms with Crippen molar-refractivity contribution in [3.05, 3.63) is 29.3 Å². The van der Waals surface area contributed by atoms with Crippen molar-refractivity contribution in [2.75, 3.05) is 5.32 Å². The Morgan fingerprint density at radius 1 is 1.28 bits per heavy atom. The number of aryl methyl sites for hydroxylation is 1. The van der Waals surface area contributed by atoms with Gasteiger partial charge in [0.2, 0.25) is 0 Å². The fourth-order valence-corrected chi connectivity index (χ4v) is 1.80. The van der Waals surface area contributed by atoms with E-state index in [9.17, 15) is 13.2 Å². The minimum absolute atomic E-state index is 0.187. The Hall–Kier alpha value is -1.19. The average Bonchev–Trinajstić information content (AvgIpc) is 2.28. The van der Waals surface area contributed by atoms with Gasteiger partial charge in [-0.15, -0.1) is 0 Å². The number of halogens is 3. The highest BCUT2D eigenvalue weighted by Gasteiger charge is 2.30. The first kappa shape index (κ1) is 14.9. The van der Waals surface area contributed by atoms with Crippen molar-refractivity contribution in [3.63, 3.8) is 0 Å². The van der Waals surface area contributed by atoms with Crippen molar-refractivity contribution >= 4 is 5.69 Å². The predicted molar refractivity (Wildman–Crippen MR) is 68.8 cm³/mol. The van der Waals surface area contributed by atoms with E-state index in [0.717, 1.165) is 30.9 Å². The van der Waals surface area contributed by atoms with E-state index in [0.29, 0.717) is 5.69 Å². The third-order valence-electron chi connectivity index (χ3n) is 2.96. The van der Waals surface area contributed by atoms with Crippen LogP contribution < -0.4 is 5.32 Å². The second-order valence-corrected chi connectivity index (χ2v) is 4.72. The van der Waals surface area contributed by atoms with Gasteiger partial charge < -0.3 is 5.32 Å². The fourth-order valence-electron chi connectivity index (χ4n) is 1.80. The SMILES string of the molecule is CCCCC(C)Nc1cc(C(F)(F)F)ccc1C. The summed E-state index contributed by atoms with van der Waals surface area (Å²) in [7, 11) is 0. The van der Waals surface area contributed by atoms with Gasteiger partial charge in [0.1, 0.15) is 0 Å². The molecule has 0 spiro atoms. The molecule has 0 aliphatic heterocycles. The molecule has 1 rings (SSSR count). The lowest BCUT2D eigenvalue weighted by atomic mass is 10.1. The zero-order chi connectivity index (χ0) is 13.8. The van der Waals surface area contributed by atoms with Crippen LogP contribution in [0.4, 0.5) is 18.9 Å². The third-order valence-corrected chi connectivity index (χ3v) is 2.96. The smallest absolute Gasteiger partial charge is 0.382 e. The molecule has 1 atom stereocenters. The van der Waals surface area contributed by atoms with Crippen LogP contribution >= 0.6 is 0 Å². The number of nitrogens with one attached hydrogen (secondary N) is 1. The highest BCUT2D eigenvalue weighted by atomic mass is 19.4. The summed E-state index contributed by atoms with van der Waals surface area (Å²) in [5.74, 6) is 0. The van der Waals surface area contributed by atoms with Crippen LogP contribution in [0.2, 0.25) is 0 Å². The molecule has 0 saturated heterocycles. The number of benzene rings is 1. The van der Waals surface area contributed by atoms with E-state index in [1.807, 2.05) is 13.8 Å². The molecule has 0 fully saturated rings. The lowest BCUT2D eigenvalue weighted by molar-refractivity contribution is -0.137. The van der Waals surface area contributed by atoms with E-state index in [2.05, 4.69) is 12.2 Å². The van der Waals surface area contributed by atoms with Crippen LogP contribution in [0.25, 0.3) is 0 Å². The van der Waals surface area contributed by atoms with Gasteiger partial charge in [-0.1, -0.05) is 25.8 Å². The Balaban J connectivity index is 2.81. The van der Waals surface area contributed by atoms with Crippen LogP contribution in [-0.2, 0) is 6.18 Å². The Morgan fingerprint density at radius 2 is 1.94 bits per heavy atom. The number of rotatable bonds is 5. The minimum Gasteiger partial charge on any atom is -0.382 e. The molecule has 0 radical (unpaired) electrons. The Labute approximate surface area is 106 Å². The maximum atomic E-state index is 12.6. The molecule has 0 amide bonds. The molecule has 0 aromatic heterocycles. The van der Waals surface area contributed by atoms with Crippen molar-refractivity contribution in [3.8, 4) is 0 Å². The molecule has 0 bridgehead atoms. The summed E-state index contributed by atoms with van der Waals surface area (Å²) in [4.78, 5) is 0. The molecule has 0 heterocycles. The summed E-state index contributed by atoms with van der Waals surface area (Å²) in [5, 5.41) is 3.16. The van der Waals surface area contributed by atoms with Crippen molar-refractivity contribution < 1.29 is 13.2 Å². The van der Waals surface area contributed by atoms with Crippen LogP contribution in [0.15, 0.2) is 18.2 Å².